The lowest BCUT2D eigenvalue weighted by Crippen LogP contribution is -2.45. The molecule has 0 aliphatic heterocycles. The number of aromatic nitrogens is 2. The SMILES string of the molecule is CC(C)c1nnsc1C(=O)NC1CCCCC1C(=O)O. The fourth-order valence-corrected chi connectivity index (χ4v) is 3.29. The molecule has 0 saturated heterocycles. The molecule has 1 aromatic rings. The second-order valence-electron chi connectivity index (χ2n) is 5.45. The van der Waals surface area contributed by atoms with Gasteiger partial charge in [0.2, 0.25) is 0 Å². The van der Waals surface area contributed by atoms with Crippen molar-refractivity contribution in [1.29, 1.82) is 0 Å². The van der Waals surface area contributed by atoms with Crippen LogP contribution in [0.4, 0.5) is 0 Å². The van der Waals surface area contributed by atoms with Crippen LogP contribution in [0.3, 0.4) is 0 Å². The van der Waals surface area contributed by atoms with Crippen LogP contribution in [-0.4, -0.2) is 32.6 Å². The van der Waals surface area contributed by atoms with Gasteiger partial charge in [0.1, 0.15) is 4.88 Å². The number of nitrogens with zero attached hydrogens (tertiary/aromatic N) is 2. The van der Waals surface area contributed by atoms with Crippen molar-refractivity contribution in [3.05, 3.63) is 10.6 Å². The molecule has 6 nitrogen and oxygen atoms in total. The smallest absolute Gasteiger partial charge is 0.308 e. The molecule has 110 valence electrons. The number of nitrogens with one attached hydrogen (secondary N) is 1. The van der Waals surface area contributed by atoms with Gasteiger partial charge in [0.05, 0.1) is 11.6 Å². The summed E-state index contributed by atoms with van der Waals surface area (Å²) in [5.41, 5.74) is 0.676. The Balaban J connectivity index is 2.10. The number of carbonyl (C=O) groups is 2. The third kappa shape index (κ3) is 3.15. The maximum Gasteiger partial charge on any atom is 0.308 e. The van der Waals surface area contributed by atoms with E-state index in [1.54, 1.807) is 0 Å². The quantitative estimate of drug-likeness (QED) is 0.887. The van der Waals surface area contributed by atoms with Crippen molar-refractivity contribution in [3.8, 4) is 0 Å². The minimum absolute atomic E-state index is 0.121. The van der Waals surface area contributed by atoms with Crippen LogP contribution in [0.5, 0.6) is 0 Å². The van der Waals surface area contributed by atoms with Crippen LogP contribution in [0.1, 0.15) is 60.8 Å². The minimum Gasteiger partial charge on any atom is -0.481 e. The molecule has 1 aliphatic carbocycles. The number of carboxylic acids is 1. The van der Waals surface area contributed by atoms with E-state index in [2.05, 4.69) is 14.9 Å². The summed E-state index contributed by atoms with van der Waals surface area (Å²) in [4.78, 5) is 24.0. The minimum atomic E-state index is -0.832. The average molecular weight is 297 g/mol. The molecule has 1 aromatic heterocycles. The number of hydrogen-bond donors (Lipinski definition) is 2. The Morgan fingerprint density at radius 1 is 1.35 bits per heavy atom. The topological polar surface area (TPSA) is 92.2 Å². The molecule has 2 atom stereocenters. The van der Waals surface area contributed by atoms with Gasteiger partial charge in [-0.25, -0.2) is 0 Å². The Morgan fingerprint density at radius 3 is 2.70 bits per heavy atom. The van der Waals surface area contributed by atoms with Gasteiger partial charge in [0.15, 0.2) is 0 Å². The molecule has 1 saturated carbocycles. The number of hydrogen-bond acceptors (Lipinski definition) is 5. The fourth-order valence-electron chi connectivity index (χ4n) is 2.57. The van der Waals surface area contributed by atoms with E-state index in [-0.39, 0.29) is 17.9 Å². The van der Waals surface area contributed by atoms with Gasteiger partial charge in [-0.05, 0) is 30.3 Å². The lowest BCUT2D eigenvalue weighted by atomic mass is 9.84. The maximum atomic E-state index is 12.3. The van der Waals surface area contributed by atoms with Crippen molar-refractivity contribution < 1.29 is 14.7 Å². The molecule has 2 rings (SSSR count). The van der Waals surface area contributed by atoms with Crippen molar-refractivity contribution in [2.75, 3.05) is 0 Å². The van der Waals surface area contributed by atoms with Crippen LogP contribution in [0.25, 0.3) is 0 Å². The Morgan fingerprint density at radius 2 is 2.05 bits per heavy atom. The number of amides is 1. The maximum absolute atomic E-state index is 12.3. The van der Waals surface area contributed by atoms with E-state index in [0.29, 0.717) is 23.4 Å². The van der Waals surface area contributed by atoms with Crippen LogP contribution in [0, 0.1) is 5.92 Å². The summed E-state index contributed by atoms with van der Waals surface area (Å²) in [7, 11) is 0. The van der Waals surface area contributed by atoms with Gasteiger partial charge in [0, 0.05) is 6.04 Å². The monoisotopic (exact) mass is 297 g/mol. The predicted octanol–water partition coefficient (Wildman–Crippen LogP) is 2.03. The molecule has 1 aliphatic rings. The zero-order valence-electron chi connectivity index (χ0n) is 11.6. The highest BCUT2D eigenvalue weighted by Crippen LogP contribution is 2.26. The van der Waals surface area contributed by atoms with Gasteiger partial charge in [-0.15, -0.1) is 5.10 Å². The zero-order chi connectivity index (χ0) is 14.7. The molecular weight excluding hydrogens is 278 g/mol. The van der Waals surface area contributed by atoms with E-state index < -0.39 is 11.9 Å². The number of carboxylic acid groups (broad SMARTS) is 1. The highest BCUT2D eigenvalue weighted by Gasteiger charge is 2.33. The lowest BCUT2D eigenvalue weighted by molar-refractivity contribution is -0.143. The second-order valence-corrected chi connectivity index (χ2v) is 6.21. The van der Waals surface area contributed by atoms with E-state index in [4.69, 9.17) is 0 Å². The molecule has 1 fully saturated rings. The molecule has 20 heavy (non-hydrogen) atoms. The summed E-state index contributed by atoms with van der Waals surface area (Å²) in [6.45, 7) is 3.91. The lowest BCUT2D eigenvalue weighted by Gasteiger charge is -2.29. The van der Waals surface area contributed by atoms with Crippen molar-refractivity contribution in [2.24, 2.45) is 5.92 Å². The molecular formula is C13H19N3O3S. The average Bonchev–Trinajstić information content (AvgIpc) is 2.88. The number of aliphatic carboxylic acids is 1. The first-order valence-corrected chi connectivity index (χ1v) is 7.64. The van der Waals surface area contributed by atoms with Crippen LogP contribution in [0.15, 0.2) is 0 Å². The zero-order valence-corrected chi connectivity index (χ0v) is 12.4. The second kappa shape index (κ2) is 6.30. The van der Waals surface area contributed by atoms with Gasteiger partial charge in [-0.1, -0.05) is 31.2 Å². The van der Waals surface area contributed by atoms with Crippen molar-refractivity contribution in [2.45, 2.75) is 51.5 Å². The molecule has 0 bridgehead atoms. The van der Waals surface area contributed by atoms with Gasteiger partial charge < -0.3 is 10.4 Å². The van der Waals surface area contributed by atoms with E-state index in [9.17, 15) is 14.7 Å². The third-order valence-corrected chi connectivity index (χ3v) is 4.41. The van der Waals surface area contributed by atoms with Crippen LogP contribution >= 0.6 is 11.5 Å². The van der Waals surface area contributed by atoms with Gasteiger partial charge in [-0.2, -0.15) is 0 Å². The summed E-state index contributed by atoms with van der Waals surface area (Å²) < 4.78 is 3.83. The van der Waals surface area contributed by atoms with Gasteiger partial charge in [-0.3, -0.25) is 9.59 Å². The fraction of sp³-hybridized carbons (Fsp3) is 0.692. The molecule has 0 radical (unpaired) electrons. The summed E-state index contributed by atoms with van der Waals surface area (Å²) in [5.74, 6) is -1.45. The number of rotatable bonds is 4. The molecule has 2 unspecified atom stereocenters. The summed E-state index contributed by atoms with van der Waals surface area (Å²) in [6, 6.07) is -0.295. The van der Waals surface area contributed by atoms with Crippen molar-refractivity contribution >= 4 is 23.4 Å². The summed E-state index contributed by atoms with van der Waals surface area (Å²) in [6.07, 6.45) is 3.19. The van der Waals surface area contributed by atoms with Crippen molar-refractivity contribution in [3.63, 3.8) is 0 Å². The van der Waals surface area contributed by atoms with Crippen LogP contribution in [0.2, 0.25) is 0 Å². The normalized spacial score (nSPS) is 22.8. The Bertz CT molecular complexity index is 501. The predicted molar refractivity (Wildman–Crippen MR) is 74.8 cm³/mol. The van der Waals surface area contributed by atoms with E-state index in [1.165, 1.54) is 0 Å². The Hall–Kier alpha value is -1.50. The molecule has 0 aromatic carbocycles. The molecule has 1 heterocycles. The van der Waals surface area contributed by atoms with E-state index >= 15 is 0 Å². The summed E-state index contributed by atoms with van der Waals surface area (Å²) >= 11 is 1.06. The first kappa shape index (κ1) is 14.9. The molecule has 1 amide bonds. The highest BCUT2D eigenvalue weighted by atomic mass is 32.1. The number of carbonyl (C=O) groups excluding carboxylic acids is 1. The Kier molecular flexibility index (Phi) is 4.69. The van der Waals surface area contributed by atoms with Crippen LogP contribution < -0.4 is 5.32 Å². The molecule has 0 spiro atoms. The first-order chi connectivity index (χ1) is 9.50. The van der Waals surface area contributed by atoms with Gasteiger partial charge in [0.25, 0.3) is 5.91 Å². The summed E-state index contributed by atoms with van der Waals surface area (Å²) in [5, 5.41) is 16.1. The van der Waals surface area contributed by atoms with Crippen molar-refractivity contribution in [1.82, 2.24) is 14.9 Å². The first-order valence-electron chi connectivity index (χ1n) is 6.86. The molecule has 2 N–H and O–H groups in total. The molecule has 7 heteroatoms. The van der Waals surface area contributed by atoms with Crippen LogP contribution in [-0.2, 0) is 4.79 Å². The largest absolute Gasteiger partial charge is 0.481 e. The standard InChI is InChI=1S/C13H19N3O3S/c1-7(2)10-11(20-16-15-10)12(17)14-9-6-4-3-5-8(9)13(18)19/h7-9H,3-6H2,1-2H3,(H,14,17)(H,18,19). The van der Waals surface area contributed by atoms with E-state index in [1.807, 2.05) is 13.8 Å². The van der Waals surface area contributed by atoms with E-state index in [0.717, 1.165) is 24.4 Å². The third-order valence-electron chi connectivity index (χ3n) is 3.67. The Labute approximate surface area is 121 Å². The van der Waals surface area contributed by atoms with Gasteiger partial charge >= 0.3 is 5.97 Å². The highest BCUT2D eigenvalue weighted by molar-refractivity contribution is 7.08.